The van der Waals surface area contributed by atoms with Gasteiger partial charge >= 0.3 is 0 Å². The van der Waals surface area contributed by atoms with E-state index in [1.165, 1.54) is 25.9 Å². The van der Waals surface area contributed by atoms with E-state index in [1.54, 1.807) is 0 Å². The molecule has 2 nitrogen and oxygen atoms in total. The van der Waals surface area contributed by atoms with Gasteiger partial charge in [0.2, 0.25) is 0 Å². The second kappa shape index (κ2) is 2.21. The van der Waals surface area contributed by atoms with Gasteiger partial charge in [-0.1, -0.05) is 0 Å². The van der Waals surface area contributed by atoms with Gasteiger partial charge in [-0.3, -0.25) is 4.90 Å². The molecule has 2 heterocycles. The number of hydrogen-bond donors (Lipinski definition) is 0. The molecule has 0 aromatic heterocycles. The minimum absolute atomic E-state index is 0.413. The van der Waals surface area contributed by atoms with Crippen LogP contribution in [0.15, 0.2) is 0 Å². The third-order valence-corrected chi connectivity index (χ3v) is 2.70. The SMILES string of the molecule is CC1(N2CCCC2)COC1. The molecule has 0 aromatic carbocycles. The Labute approximate surface area is 62.2 Å². The molecule has 2 saturated heterocycles. The first-order chi connectivity index (χ1) is 4.81. The van der Waals surface area contributed by atoms with E-state index in [2.05, 4.69) is 11.8 Å². The molecule has 10 heavy (non-hydrogen) atoms. The second-order valence-corrected chi connectivity index (χ2v) is 3.68. The molecule has 0 amide bonds. The number of rotatable bonds is 1. The van der Waals surface area contributed by atoms with Crippen molar-refractivity contribution in [2.24, 2.45) is 0 Å². The molecule has 0 aliphatic carbocycles. The summed E-state index contributed by atoms with van der Waals surface area (Å²) in [6, 6.07) is 0. The van der Waals surface area contributed by atoms with Crippen molar-refractivity contribution in [1.29, 1.82) is 0 Å². The van der Waals surface area contributed by atoms with E-state index >= 15 is 0 Å². The maximum atomic E-state index is 5.21. The highest BCUT2D eigenvalue weighted by Gasteiger charge is 2.40. The minimum atomic E-state index is 0.413. The predicted octanol–water partition coefficient (Wildman–Crippen LogP) is 0.871. The summed E-state index contributed by atoms with van der Waals surface area (Å²) in [4.78, 5) is 2.57. The van der Waals surface area contributed by atoms with Crippen LogP contribution in [0.2, 0.25) is 0 Å². The zero-order chi connectivity index (χ0) is 7.03. The first-order valence-electron chi connectivity index (χ1n) is 4.14. The Morgan fingerprint density at radius 3 is 2.20 bits per heavy atom. The molecule has 2 rings (SSSR count). The number of likely N-dealkylation sites (tertiary alicyclic amines) is 1. The van der Waals surface area contributed by atoms with E-state index in [0.29, 0.717) is 5.54 Å². The van der Waals surface area contributed by atoms with Gasteiger partial charge in [0.1, 0.15) is 0 Å². The Morgan fingerprint density at radius 1 is 1.20 bits per heavy atom. The van der Waals surface area contributed by atoms with Crippen LogP contribution in [0.4, 0.5) is 0 Å². The molecule has 2 aliphatic heterocycles. The van der Waals surface area contributed by atoms with Crippen LogP contribution in [0.3, 0.4) is 0 Å². The maximum Gasteiger partial charge on any atom is 0.0671 e. The van der Waals surface area contributed by atoms with Crippen LogP contribution in [0.25, 0.3) is 0 Å². The van der Waals surface area contributed by atoms with Crippen LogP contribution in [0, 0.1) is 0 Å². The highest BCUT2D eigenvalue weighted by atomic mass is 16.5. The van der Waals surface area contributed by atoms with Gasteiger partial charge in [0.05, 0.1) is 18.8 Å². The molecule has 2 heteroatoms. The van der Waals surface area contributed by atoms with Crippen LogP contribution >= 0.6 is 0 Å². The third kappa shape index (κ3) is 0.867. The van der Waals surface area contributed by atoms with Gasteiger partial charge in [-0.15, -0.1) is 0 Å². The Hall–Kier alpha value is -0.0800. The molecular formula is C8H15NO. The monoisotopic (exact) mass is 141 g/mol. The molecule has 2 aliphatic rings. The maximum absolute atomic E-state index is 5.21. The number of nitrogens with zero attached hydrogens (tertiary/aromatic N) is 1. The van der Waals surface area contributed by atoms with Crippen LogP contribution in [0.1, 0.15) is 19.8 Å². The Morgan fingerprint density at radius 2 is 1.80 bits per heavy atom. The molecule has 0 unspecified atom stereocenters. The van der Waals surface area contributed by atoms with Crippen molar-refractivity contribution in [3.05, 3.63) is 0 Å². The molecule has 0 atom stereocenters. The van der Waals surface area contributed by atoms with Gasteiger partial charge in [0, 0.05) is 0 Å². The average molecular weight is 141 g/mol. The van der Waals surface area contributed by atoms with E-state index in [1.807, 2.05) is 0 Å². The van der Waals surface area contributed by atoms with Crippen molar-refractivity contribution in [3.63, 3.8) is 0 Å². The summed E-state index contributed by atoms with van der Waals surface area (Å²) in [5.74, 6) is 0. The molecule has 0 aromatic rings. The van der Waals surface area contributed by atoms with Gasteiger partial charge in [-0.2, -0.15) is 0 Å². The van der Waals surface area contributed by atoms with Crippen LogP contribution in [-0.4, -0.2) is 36.7 Å². The molecule has 0 saturated carbocycles. The zero-order valence-corrected chi connectivity index (χ0v) is 6.60. The summed E-state index contributed by atoms with van der Waals surface area (Å²) in [5.41, 5.74) is 0.413. The fourth-order valence-corrected chi connectivity index (χ4v) is 1.84. The fraction of sp³-hybridized carbons (Fsp3) is 1.00. The van der Waals surface area contributed by atoms with E-state index in [9.17, 15) is 0 Å². The quantitative estimate of drug-likeness (QED) is 0.537. The van der Waals surface area contributed by atoms with Crippen molar-refractivity contribution in [2.75, 3.05) is 26.3 Å². The Kier molecular flexibility index (Phi) is 1.46. The molecule has 0 radical (unpaired) electrons. The van der Waals surface area contributed by atoms with Crippen molar-refractivity contribution in [2.45, 2.75) is 25.3 Å². The molecule has 0 N–H and O–H groups in total. The Bertz CT molecular complexity index is 125. The minimum Gasteiger partial charge on any atom is -0.377 e. The smallest absolute Gasteiger partial charge is 0.0671 e. The molecule has 58 valence electrons. The van der Waals surface area contributed by atoms with Crippen molar-refractivity contribution in [1.82, 2.24) is 4.90 Å². The molecular weight excluding hydrogens is 126 g/mol. The highest BCUT2D eigenvalue weighted by molar-refractivity contribution is 4.93. The van der Waals surface area contributed by atoms with Gasteiger partial charge < -0.3 is 4.74 Å². The number of ether oxygens (including phenoxy) is 1. The highest BCUT2D eigenvalue weighted by Crippen LogP contribution is 2.27. The topological polar surface area (TPSA) is 12.5 Å². The molecule has 2 fully saturated rings. The number of hydrogen-bond acceptors (Lipinski definition) is 2. The Balaban J connectivity index is 1.96. The first-order valence-corrected chi connectivity index (χ1v) is 4.14. The van der Waals surface area contributed by atoms with Crippen molar-refractivity contribution >= 4 is 0 Å². The zero-order valence-electron chi connectivity index (χ0n) is 6.60. The summed E-state index contributed by atoms with van der Waals surface area (Å²) in [5, 5.41) is 0. The summed E-state index contributed by atoms with van der Waals surface area (Å²) in [7, 11) is 0. The summed E-state index contributed by atoms with van der Waals surface area (Å²) in [6.07, 6.45) is 2.77. The lowest BCUT2D eigenvalue weighted by Crippen LogP contribution is -2.59. The lowest BCUT2D eigenvalue weighted by molar-refractivity contribution is -0.123. The van der Waals surface area contributed by atoms with Gasteiger partial charge in [0.25, 0.3) is 0 Å². The molecule has 0 bridgehead atoms. The second-order valence-electron chi connectivity index (χ2n) is 3.68. The third-order valence-electron chi connectivity index (χ3n) is 2.70. The standard InChI is InChI=1S/C8H15NO/c1-8(6-10-7-8)9-4-2-3-5-9/h2-7H2,1H3. The van der Waals surface area contributed by atoms with Crippen LogP contribution in [0.5, 0.6) is 0 Å². The largest absolute Gasteiger partial charge is 0.377 e. The van der Waals surface area contributed by atoms with Gasteiger partial charge in [-0.25, -0.2) is 0 Å². The van der Waals surface area contributed by atoms with Crippen molar-refractivity contribution < 1.29 is 4.74 Å². The average Bonchev–Trinajstić information content (AvgIpc) is 2.33. The van der Waals surface area contributed by atoms with Gasteiger partial charge in [-0.05, 0) is 32.9 Å². The molecule has 0 spiro atoms. The first kappa shape index (κ1) is 6.62. The van der Waals surface area contributed by atoms with E-state index < -0.39 is 0 Å². The van der Waals surface area contributed by atoms with E-state index in [-0.39, 0.29) is 0 Å². The van der Waals surface area contributed by atoms with Crippen LogP contribution in [-0.2, 0) is 4.74 Å². The predicted molar refractivity (Wildman–Crippen MR) is 40.0 cm³/mol. The summed E-state index contributed by atoms with van der Waals surface area (Å²) < 4.78 is 5.21. The van der Waals surface area contributed by atoms with E-state index in [4.69, 9.17) is 4.74 Å². The van der Waals surface area contributed by atoms with Gasteiger partial charge in [0.15, 0.2) is 0 Å². The van der Waals surface area contributed by atoms with Crippen molar-refractivity contribution in [3.8, 4) is 0 Å². The lowest BCUT2D eigenvalue weighted by atomic mass is 9.99. The van der Waals surface area contributed by atoms with E-state index in [0.717, 1.165) is 13.2 Å². The normalized spacial score (nSPS) is 32.1. The fourth-order valence-electron chi connectivity index (χ4n) is 1.84. The van der Waals surface area contributed by atoms with Crippen LogP contribution < -0.4 is 0 Å². The summed E-state index contributed by atoms with van der Waals surface area (Å²) >= 11 is 0. The summed E-state index contributed by atoms with van der Waals surface area (Å²) in [6.45, 7) is 6.79. The lowest BCUT2D eigenvalue weighted by Gasteiger charge is -2.45.